The number of carbonyl (C=O) groups excluding carboxylic acids is 1. The molecule has 1 heterocycles. The summed E-state index contributed by atoms with van der Waals surface area (Å²) in [5, 5.41) is 10.1. The van der Waals surface area contributed by atoms with Crippen LogP contribution in [-0.4, -0.2) is 24.1 Å². The molecule has 0 saturated carbocycles. The van der Waals surface area contributed by atoms with E-state index in [1.165, 1.54) is 16.8 Å². The van der Waals surface area contributed by atoms with Crippen LogP contribution >= 0.6 is 0 Å². The lowest BCUT2D eigenvalue weighted by Gasteiger charge is -2.07. The molecule has 0 aliphatic carbocycles. The van der Waals surface area contributed by atoms with Gasteiger partial charge in [-0.25, -0.2) is 18.2 Å². The molecule has 7 nitrogen and oxygen atoms in total. The monoisotopic (exact) mass is 392 g/mol. The van der Waals surface area contributed by atoms with Gasteiger partial charge in [-0.05, 0) is 41.5 Å². The molecule has 1 amide bonds. The molecular formula is C20H16N4O3S. The maximum Gasteiger partial charge on any atom is 0.269 e. The molecule has 3 aromatic carbocycles. The minimum absolute atomic E-state index is 0.0477. The topological polar surface area (TPSA) is 121 Å². The number of fused-ring (bicyclic) bond motifs is 1. The van der Waals surface area contributed by atoms with Crippen molar-refractivity contribution < 1.29 is 13.2 Å². The van der Waals surface area contributed by atoms with Gasteiger partial charge in [-0.1, -0.05) is 42.5 Å². The second kappa shape index (κ2) is 6.59. The predicted molar refractivity (Wildman–Crippen MR) is 106 cm³/mol. The van der Waals surface area contributed by atoms with Crippen molar-refractivity contribution in [3.63, 3.8) is 0 Å². The number of amides is 1. The molecule has 0 saturated heterocycles. The van der Waals surface area contributed by atoms with Gasteiger partial charge in [-0.2, -0.15) is 5.10 Å². The summed E-state index contributed by atoms with van der Waals surface area (Å²) >= 11 is 0. The fourth-order valence-electron chi connectivity index (χ4n) is 3.10. The smallest absolute Gasteiger partial charge is 0.269 e. The van der Waals surface area contributed by atoms with Crippen molar-refractivity contribution in [2.45, 2.75) is 4.90 Å². The largest absolute Gasteiger partial charge is 0.364 e. The van der Waals surface area contributed by atoms with Gasteiger partial charge in [0.2, 0.25) is 10.0 Å². The highest BCUT2D eigenvalue weighted by Crippen LogP contribution is 2.28. The summed E-state index contributed by atoms with van der Waals surface area (Å²) in [6.45, 7) is 0. The number of sulfonamides is 1. The Kier molecular flexibility index (Phi) is 4.21. The van der Waals surface area contributed by atoms with Gasteiger partial charge in [0.15, 0.2) is 5.69 Å². The van der Waals surface area contributed by atoms with E-state index in [-0.39, 0.29) is 10.6 Å². The molecule has 0 unspecified atom stereocenters. The quantitative estimate of drug-likeness (QED) is 0.554. The number of benzene rings is 3. The number of hydrogen-bond acceptors (Lipinski definition) is 4. The molecule has 8 heteroatoms. The van der Waals surface area contributed by atoms with Gasteiger partial charge in [0, 0.05) is 5.39 Å². The fourth-order valence-corrected chi connectivity index (χ4v) is 3.65. The molecule has 4 N–H and O–H groups in total. The molecule has 4 aromatic rings. The van der Waals surface area contributed by atoms with Crippen LogP contribution in [0.15, 0.2) is 77.7 Å². The van der Waals surface area contributed by atoms with Gasteiger partial charge in [-0.15, -0.1) is 0 Å². The summed E-state index contributed by atoms with van der Waals surface area (Å²) in [7, 11) is -3.88. The van der Waals surface area contributed by atoms with Crippen LogP contribution in [0.5, 0.6) is 0 Å². The summed E-state index contributed by atoms with van der Waals surface area (Å²) in [5.41, 5.74) is 8.60. The number of aromatic nitrogens is 2. The van der Waals surface area contributed by atoms with Crippen molar-refractivity contribution in [1.82, 2.24) is 9.78 Å². The Labute approximate surface area is 161 Å². The molecular weight excluding hydrogens is 376 g/mol. The van der Waals surface area contributed by atoms with E-state index < -0.39 is 15.9 Å². The summed E-state index contributed by atoms with van der Waals surface area (Å²) in [4.78, 5) is 11.8. The summed E-state index contributed by atoms with van der Waals surface area (Å²) in [6, 6.07) is 21.3. The third-order valence-corrected chi connectivity index (χ3v) is 5.32. The molecule has 140 valence electrons. The molecule has 0 bridgehead atoms. The van der Waals surface area contributed by atoms with Crippen LogP contribution in [0.1, 0.15) is 10.5 Å². The first kappa shape index (κ1) is 17.9. The average molecular weight is 392 g/mol. The van der Waals surface area contributed by atoms with Crippen LogP contribution in [0.2, 0.25) is 0 Å². The Morgan fingerprint density at radius 2 is 1.64 bits per heavy atom. The van der Waals surface area contributed by atoms with E-state index in [0.717, 1.165) is 11.1 Å². The van der Waals surface area contributed by atoms with E-state index >= 15 is 0 Å². The van der Waals surface area contributed by atoms with Gasteiger partial charge < -0.3 is 5.73 Å². The number of primary sulfonamides is 1. The van der Waals surface area contributed by atoms with E-state index in [0.29, 0.717) is 16.6 Å². The van der Waals surface area contributed by atoms with Crippen molar-refractivity contribution in [3.8, 4) is 16.8 Å². The van der Waals surface area contributed by atoms with Crippen LogP contribution in [0, 0.1) is 0 Å². The zero-order chi connectivity index (χ0) is 19.9. The van der Waals surface area contributed by atoms with E-state index in [2.05, 4.69) is 5.10 Å². The maximum absolute atomic E-state index is 11.9. The molecule has 0 spiro atoms. The Balaban J connectivity index is 1.99. The predicted octanol–water partition coefficient (Wildman–Crippen LogP) is 2.44. The summed E-state index contributed by atoms with van der Waals surface area (Å²) in [5.74, 6) is -0.668. The third-order valence-electron chi connectivity index (χ3n) is 4.41. The summed E-state index contributed by atoms with van der Waals surface area (Å²) < 4.78 is 24.9. The van der Waals surface area contributed by atoms with E-state index in [1.807, 2.05) is 42.5 Å². The Morgan fingerprint density at radius 1 is 0.893 bits per heavy atom. The Morgan fingerprint density at radius 3 is 2.32 bits per heavy atom. The molecule has 0 radical (unpaired) electrons. The minimum atomic E-state index is -3.88. The molecule has 0 aliphatic heterocycles. The fraction of sp³-hybridized carbons (Fsp3) is 0. The van der Waals surface area contributed by atoms with Crippen molar-refractivity contribution in [2.75, 3.05) is 0 Å². The van der Waals surface area contributed by atoms with Gasteiger partial charge in [0.25, 0.3) is 5.91 Å². The highest BCUT2D eigenvalue weighted by atomic mass is 32.2. The first-order valence-electron chi connectivity index (χ1n) is 8.36. The Bertz CT molecular complexity index is 1310. The van der Waals surface area contributed by atoms with Crippen molar-refractivity contribution in [1.29, 1.82) is 0 Å². The lowest BCUT2D eigenvalue weighted by molar-refractivity contribution is 0.0996. The first-order chi connectivity index (χ1) is 13.3. The first-order valence-corrected chi connectivity index (χ1v) is 9.90. The number of nitrogens with zero attached hydrogens (tertiary/aromatic N) is 2. The SMILES string of the molecule is NC(=O)c1nn(-c2cccc(S(N)(=O)=O)c2)c2cc(-c3ccccc3)ccc12. The van der Waals surface area contributed by atoms with Crippen LogP contribution in [-0.2, 0) is 10.0 Å². The molecule has 0 fully saturated rings. The van der Waals surface area contributed by atoms with Gasteiger partial charge in [0.1, 0.15) is 0 Å². The third kappa shape index (κ3) is 3.15. The molecule has 1 aromatic heterocycles. The average Bonchev–Trinajstić information content (AvgIpc) is 3.07. The van der Waals surface area contributed by atoms with Crippen LogP contribution in [0.4, 0.5) is 0 Å². The number of rotatable bonds is 4. The minimum Gasteiger partial charge on any atom is -0.364 e. The van der Waals surface area contributed by atoms with Gasteiger partial charge in [0.05, 0.1) is 16.1 Å². The van der Waals surface area contributed by atoms with Crippen molar-refractivity contribution in [3.05, 3.63) is 78.5 Å². The zero-order valence-electron chi connectivity index (χ0n) is 14.6. The molecule has 0 aliphatic rings. The summed E-state index contributed by atoms with van der Waals surface area (Å²) in [6.07, 6.45) is 0. The van der Waals surface area contributed by atoms with Crippen LogP contribution in [0.25, 0.3) is 27.7 Å². The normalized spacial score (nSPS) is 11.6. The zero-order valence-corrected chi connectivity index (χ0v) is 15.4. The molecule has 4 rings (SSSR count). The van der Waals surface area contributed by atoms with Crippen molar-refractivity contribution in [2.24, 2.45) is 10.9 Å². The molecule has 28 heavy (non-hydrogen) atoms. The number of hydrogen-bond donors (Lipinski definition) is 2. The number of primary amides is 1. The number of carbonyl (C=O) groups is 1. The van der Waals surface area contributed by atoms with E-state index in [9.17, 15) is 13.2 Å². The number of nitrogens with two attached hydrogens (primary N) is 2. The van der Waals surface area contributed by atoms with E-state index in [4.69, 9.17) is 10.9 Å². The lowest BCUT2D eigenvalue weighted by atomic mass is 10.0. The standard InChI is InChI=1S/C20H16N4O3S/c21-20(25)19-17-10-9-14(13-5-2-1-3-6-13)11-18(17)24(23-19)15-7-4-8-16(12-15)28(22,26)27/h1-12H,(H2,21,25)(H2,22,26,27). The van der Waals surface area contributed by atoms with Crippen LogP contribution < -0.4 is 10.9 Å². The van der Waals surface area contributed by atoms with Gasteiger partial charge in [-0.3, -0.25) is 4.79 Å². The second-order valence-electron chi connectivity index (χ2n) is 6.26. The maximum atomic E-state index is 11.9. The van der Waals surface area contributed by atoms with E-state index in [1.54, 1.807) is 18.2 Å². The van der Waals surface area contributed by atoms with Crippen molar-refractivity contribution >= 4 is 26.8 Å². The molecule has 0 atom stereocenters. The Hall–Kier alpha value is -3.49. The second-order valence-corrected chi connectivity index (χ2v) is 7.83. The lowest BCUT2D eigenvalue weighted by Crippen LogP contribution is -2.13. The highest BCUT2D eigenvalue weighted by molar-refractivity contribution is 7.89. The highest BCUT2D eigenvalue weighted by Gasteiger charge is 2.18. The van der Waals surface area contributed by atoms with Crippen LogP contribution in [0.3, 0.4) is 0 Å². The van der Waals surface area contributed by atoms with Gasteiger partial charge >= 0.3 is 0 Å².